The average Bonchev–Trinajstić information content (AvgIpc) is 3.70. The second-order valence-corrected chi connectivity index (χ2v) is 10.7. The summed E-state index contributed by atoms with van der Waals surface area (Å²) in [4.78, 5) is 22.4. The lowest BCUT2D eigenvalue weighted by Gasteiger charge is -2.22. The average molecular weight is 580 g/mol. The largest absolute Gasteiger partial charge is 0.368 e. The van der Waals surface area contributed by atoms with Crippen LogP contribution in [-0.4, -0.2) is 42.0 Å². The molecule has 0 amide bonds. The third-order valence-electron chi connectivity index (χ3n) is 6.10. The number of halogens is 4. The van der Waals surface area contributed by atoms with E-state index in [9.17, 15) is 8.78 Å². The van der Waals surface area contributed by atoms with Crippen molar-refractivity contribution >= 4 is 41.9 Å². The Bertz CT molecular complexity index is 964. The molecule has 2 aromatic rings. The zero-order valence-electron chi connectivity index (χ0n) is 22.9. The highest BCUT2D eigenvalue weighted by atomic mass is 35.5. The number of nitrogens with one attached hydrogen (secondary N) is 1. The van der Waals surface area contributed by atoms with E-state index in [4.69, 9.17) is 28.8 Å². The molecule has 4 atom stereocenters. The minimum absolute atomic E-state index is 0. The van der Waals surface area contributed by atoms with Crippen molar-refractivity contribution < 1.29 is 8.78 Å². The van der Waals surface area contributed by atoms with Crippen molar-refractivity contribution in [2.75, 3.05) is 16.8 Å². The SMILES string of the molecule is CC(C)C(N)C1CC1.CC(F)c1nc(N)nc(Cl)n1.CC(F)c1nc(N)nc(NC(C(C)C)C2CC2)n1.Cl. The first kappa shape index (κ1) is 33.8. The molecule has 2 fully saturated rings. The fourth-order valence-electron chi connectivity index (χ4n) is 3.67. The lowest BCUT2D eigenvalue weighted by atomic mass is 10.00. The van der Waals surface area contributed by atoms with Gasteiger partial charge in [-0.3, -0.25) is 0 Å². The predicted molar refractivity (Wildman–Crippen MR) is 150 cm³/mol. The molecule has 14 heteroatoms. The van der Waals surface area contributed by atoms with Gasteiger partial charge in [0.15, 0.2) is 24.0 Å². The molecule has 4 unspecified atom stereocenters. The first-order valence-electron chi connectivity index (χ1n) is 12.8. The Morgan fingerprint density at radius 1 is 0.737 bits per heavy atom. The van der Waals surface area contributed by atoms with E-state index >= 15 is 0 Å². The number of alkyl halides is 2. The molecule has 4 rings (SSSR count). The Balaban J connectivity index is 0.000000309. The number of nitrogen functional groups attached to an aromatic ring is 2. The minimum Gasteiger partial charge on any atom is -0.368 e. The molecule has 2 heterocycles. The van der Waals surface area contributed by atoms with E-state index in [1.54, 1.807) is 0 Å². The smallest absolute Gasteiger partial charge is 0.228 e. The van der Waals surface area contributed by atoms with Crippen molar-refractivity contribution in [2.24, 2.45) is 29.4 Å². The molecule has 0 spiro atoms. The van der Waals surface area contributed by atoms with Gasteiger partial charge in [0, 0.05) is 12.1 Å². The summed E-state index contributed by atoms with van der Waals surface area (Å²) in [5.41, 5.74) is 16.6. The molecule has 0 saturated heterocycles. The van der Waals surface area contributed by atoms with Gasteiger partial charge in [-0.2, -0.15) is 29.9 Å². The molecule has 0 aliphatic heterocycles. The van der Waals surface area contributed by atoms with Crippen LogP contribution in [0.1, 0.15) is 91.2 Å². The van der Waals surface area contributed by atoms with Gasteiger partial charge in [0.2, 0.25) is 23.1 Å². The van der Waals surface area contributed by atoms with Gasteiger partial charge >= 0.3 is 0 Å². The summed E-state index contributed by atoms with van der Waals surface area (Å²) in [7, 11) is 0. The molecule has 2 aliphatic rings. The molecule has 0 aromatic carbocycles. The first-order valence-corrected chi connectivity index (χ1v) is 13.1. The lowest BCUT2D eigenvalue weighted by Crippen LogP contribution is -2.29. The van der Waals surface area contributed by atoms with E-state index in [1.807, 2.05) is 0 Å². The molecule has 38 heavy (non-hydrogen) atoms. The van der Waals surface area contributed by atoms with E-state index in [2.05, 4.69) is 62.9 Å². The fraction of sp³-hybridized carbons (Fsp3) is 0.750. The Morgan fingerprint density at radius 2 is 1.21 bits per heavy atom. The molecule has 0 radical (unpaired) electrons. The van der Waals surface area contributed by atoms with Gasteiger partial charge in [-0.25, -0.2) is 8.78 Å². The molecular formula is C24H42Cl2F2N10. The third-order valence-corrected chi connectivity index (χ3v) is 6.27. The maximum absolute atomic E-state index is 13.2. The third kappa shape index (κ3) is 11.7. The normalized spacial score (nSPS) is 17.7. The summed E-state index contributed by atoms with van der Waals surface area (Å²) in [5.74, 6) is 3.11. The van der Waals surface area contributed by atoms with Crippen LogP contribution < -0.4 is 22.5 Å². The van der Waals surface area contributed by atoms with Gasteiger partial charge in [-0.15, -0.1) is 12.4 Å². The van der Waals surface area contributed by atoms with E-state index < -0.39 is 12.3 Å². The number of aromatic nitrogens is 6. The van der Waals surface area contributed by atoms with Crippen molar-refractivity contribution in [1.29, 1.82) is 0 Å². The number of nitrogens with two attached hydrogens (primary N) is 3. The highest BCUT2D eigenvalue weighted by molar-refractivity contribution is 6.28. The summed E-state index contributed by atoms with van der Waals surface area (Å²) in [6.07, 6.45) is 2.68. The summed E-state index contributed by atoms with van der Waals surface area (Å²) in [5, 5.41) is 3.18. The Hall–Kier alpha value is -2.18. The number of hydrogen-bond acceptors (Lipinski definition) is 10. The van der Waals surface area contributed by atoms with E-state index in [-0.39, 0.29) is 41.2 Å². The molecule has 0 bridgehead atoms. The Kier molecular flexibility index (Phi) is 13.7. The summed E-state index contributed by atoms with van der Waals surface area (Å²) in [6, 6.07) is 0.796. The van der Waals surface area contributed by atoms with E-state index in [0.29, 0.717) is 35.8 Å². The number of hydrogen-bond donors (Lipinski definition) is 4. The molecule has 216 valence electrons. The molecule has 2 aromatic heterocycles. The molecule has 2 saturated carbocycles. The van der Waals surface area contributed by atoms with Gasteiger partial charge in [0.1, 0.15) is 0 Å². The van der Waals surface area contributed by atoms with E-state index in [1.165, 1.54) is 39.5 Å². The zero-order valence-corrected chi connectivity index (χ0v) is 24.5. The van der Waals surface area contributed by atoms with Crippen LogP contribution in [0.2, 0.25) is 5.28 Å². The van der Waals surface area contributed by atoms with Crippen LogP contribution in [0.25, 0.3) is 0 Å². The lowest BCUT2D eigenvalue weighted by molar-refractivity contribution is 0.355. The first-order chi connectivity index (χ1) is 17.3. The van der Waals surface area contributed by atoms with Gasteiger partial charge < -0.3 is 22.5 Å². The Labute approximate surface area is 235 Å². The molecule has 2 aliphatic carbocycles. The van der Waals surface area contributed by atoms with Crippen LogP contribution in [0.3, 0.4) is 0 Å². The highest BCUT2D eigenvalue weighted by Gasteiger charge is 2.34. The predicted octanol–water partition coefficient (Wildman–Crippen LogP) is 5.27. The molecule has 7 N–H and O–H groups in total. The molecule has 10 nitrogen and oxygen atoms in total. The van der Waals surface area contributed by atoms with Crippen LogP contribution >= 0.6 is 24.0 Å². The van der Waals surface area contributed by atoms with Crippen molar-refractivity contribution in [1.82, 2.24) is 29.9 Å². The van der Waals surface area contributed by atoms with Crippen LogP contribution in [0.5, 0.6) is 0 Å². The van der Waals surface area contributed by atoms with Gasteiger partial charge in [-0.1, -0.05) is 27.7 Å². The number of anilines is 3. The maximum Gasteiger partial charge on any atom is 0.228 e. The summed E-state index contributed by atoms with van der Waals surface area (Å²) in [6.45, 7) is 11.4. The van der Waals surface area contributed by atoms with Crippen LogP contribution in [0.15, 0.2) is 0 Å². The Morgan fingerprint density at radius 3 is 1.58 bits per heavy atom. The van der Waals surface area contributed by atoms with Crippen LogP contribution in [0, 0.1) is 23.7 Å². The summed E-state index contributed by atoms with van der Waals surface area (Å²) < 4.78 is 25.8. The quantitative estimate of drug-likeness (QED) is 0.323. The van der Waals surface area contributed by atoms with Crippen molar-refractivity contribution in [3.05, 3.63) is 16.9 Å². The highest BCUT2D eigenvalue weighted by Crippen LogP contribution is 2.37. The standard InChI is InChI=1S/C12H20FN5.C7H15N.C5H6ClFN4.ClH/c1-6(2)9(8-4-5-8)15-12-17-10(7(3)13)16-11(14)18-12;1-5(2)7(8)6-3-4-6;1-2(7)3-9-4(6)11-5(8)10-3;/h6-9H,4-5H2,1-3H3,(H3,14,15,16,17,18);5-7H,3-4,8H2,1-2H3;2H,1H3,(H2,8,9,10,11);1H. The van der Waals surface area contributed by atoms with Crippen molar-refractivity contribution in [3.8, 4) is 0 Å². The topological polar surface area (TPSA) is 167 Å². The van der Waals surface area contributed by atoms with Crippen molar-refractivity contribution in [3.63, 3.8) is 0 Å². The fourth-order valence-corrected chi connectivity index (χ4v) is 3.84. The maximum atomic E-state index is 13.2. The van der Waals surface area contributed by atoms with Gasteiger partial charge in [-0.05, 0) is 74.8 Å². The van der Waals surface area contributed by atoms with Gasteiger partial charge in [0.05, 0.1) is 0 Å². The number of nitrogens with zero attached hydrogens (tertiary/aromatic N) is 6. The van der Waals surface area contributed by atoms with Crippen molar-refractivity contribution in [2.45, 2.75) is 91.7 Å². The minimum atomic E-state index is -1.28. The summed E-state index contributed by atoms with van der Waals surface area (Å²) >= 11 is 5.39. The zero-order chi connectivity index (χ0) is 27.9. The monoisotopic (exact) mass is 578 g/mol. The number of rotatable bonds is 8. The molecular weight excluding hydrogens is 537 g/mol. The second kappa shape index (κ2) is 15.4. The second-order valence-electron chi connectivity index (χ2n) is 10.3. The van der Waals surface area contributed by atoms with Gasteiger partial charge in [0.25, 0.3) is 0 Å². The van der Waals surface area contributed by atoms with E-state index in [0.717, 1.165) is 5.92 Å². The van der Waals surface area contributed by atoms with Crippen LogP contribution in [-0.2, 0) is 0 Å². The van der Waals surface area contributed by atoms with Crippen LogP contribution in [0.4, 0.5) is 26.6 Å².